The van der Waals surface area contributed by atoms with Crippen molar-refractivity contribution in [2.24, 2.45) is 0 Å². The van der Waals surface area contributed by atoms with Crippen molar-refractivity contribution >= 4 is 35.4 Å². The van der Waals surface area contributed by atoms with E-state index in [2.05, 4.69) is 47.2 Å². The predicted molar refractivity (Wildman–Crippen MR) is 261 cm³/mol. The summed E-state index contributed by atoms with van der Waals surface area (Å²) in [5, 5.41) is 31.9. The molecule has 8 atom stereocenters. The van der Waals surface area contributed by atoms with Crippen LogP contribution in [0.1, 0.15) is 206 Å². The molecular formula is C47H89O19P3. The van der Waals surface area contributed by atoms with Gasteiger partial charge < -0.3 is 49.3 Å². The maximum atomic E-state index is 13.1. The minimum Gasteiger partial charge on any atom is -0.462 e. The molecule has 0 saturated heterocycles. The standard InChI is InChI=1S/C47H89O19P3/c1-3-5-7-9-11-13-15-17-19-20-22-23-25-27-29-31-33-35-40(48)61-37-39(63-41(49)36-34-32-30-28-26-24-21-18-16-14-12-10-8-6-4-2)38-62-69(59,60)66-45-42(50)43(51)46(64-67(53,54)55)47(44(45)52)65-68(56,57)58/h11,13,17,19,39,42-47,50-52H,3-10,12,14-16,18,20-38H2,1-2H3,(H,59,60)(H2,53,54,55)(H2,56,57,58). The molecule has 1 saturated carbocycles. The Hall–Kier alpha value is -1.37. The van der Waals surface area contributed by atoms with E-state index in [0.29, 0.717) is 12.8 Å². The fraction of sp³-hybridized carbons (Fsp3) is 0.872. The SMILES string of the molecule is CCCCCC=CCC=CCCCCCCCCCC(=O)OCC(COP(=O)(O)OC1C(O)C(O)C(OP(=O)(O)O)C(OP(=O)(O)O)C1O)OC(=O)CCCCCCCCCCCCCCCCC. The highest BCUT2D eigenvalue weighted by molar-refractivity contribution is 7.47. The summed E-state index contributed by atoms with van der Waals surface area (Å²) in [6, 6.07) is 0. The van der Waals surface area contributed by atoms with Crippen LogP contribution >= 0.6 is 23.5 Å². The number of aliphatic hydroxyl groups is 3. The summed E-state index contributed by atoms with van der Waals surface area (Å²) < 4.78 is 65.6. The largest absolute Gasteiger partial charge is 0.472 e. The first-order valence-corrected chi connectivity index (χ1v) is 30.2. The maximum Gasteiger partial charge on any atom is 0.472 e. The molecule has 0 aromatic rings. The third-order valence-electron chi connectivity index (χ3n) is 11.8. The quantitative estimate of drug-likeness (QED) is 0.0122. The van der Waals surface area contributed by atoms with Crippen molar-refractivity contribution in [1.82, 2.24) is 0 Å². The fourth-order valence-electron chi connectivity index (χ4n) is 7.91. The van der Waals surface area contributed by atoms with E-state index in [0.717, 1.165) is 83.5 Å². The summed E-state index contributed by atoms with van der Waals surface area (Å²) in [6.07, 6.45) is 23.2. The van der Waals surface area contributed by atoms with Crippen LogP contribution < -0.4 is 0 Å². The topological polar surface area (TPSA) is 303 Å². The van der Waals surface area contributed by atoms with Gasteiger partial charge in [0, 0.05) is 12.8 Å². The number of rotatable bonds is 44. The van der Waals surface area contributed by atoms with Crippen LogP contribution in [0.4, 0.5) is 0 Å². The molecule has 8 unspecified atom stereocenters. The summed E-state index contributed by atoms with van der Waals surface area (Å²) in [6.45, 7) is 2.94. The van der Waals surface area contributed by atoms with E-state index in [-0.39, 0.29) is 12.8 Å². The first-order valence-electron chi connectivity index (χ1n) is 25.6. The van der Waals surface area contributed by atoms with Gasteiger partial charge in [-0.05, 0) is 44.9 Å². The summed E-state index contributed by atoms with van der Waals surface area (Å²) in [5.41, 5.74) is 0. The molecule has 1 aliphatic rings. The minimum absolute atomic E-state index is 0.000690. The Balaban J connectivity index is 2.69. The second kappa shape index (κ2) is 39.1. The monoisotopic (exact) mass is 1050 g/mol. The first kappa shape index (κ1) is 65.6. The zero-order valence-corrected chi connectivity index (χ0v) is 44.1. The molecule has 8 N–H and O–H groups in total. The summed E-state index contributed by atoms with van der Waals surface area (Å²) >= 11 is 0. The molecule has 0 aromatic carbocycles. The summed E-state index contributed by atoms with van der Waals surface area (Å²) in [7, 11) is -16.6. The molecule has 0 aromatic heterocycles. The number of hydrogen-bond acceptors (Lipinski definition) is 14. The highest BCUT2D eigenvalue weighted by atomic mass is 31.2. The van der Waals surface area contributed by atoms with Gasteiger partial charge in [0.05, 0.1) is 6.61 Å². The van der Waals surface area contributed by atoms with Gasteiger partial charge in [0.2, 0.25) is 0 Å². The Kier molecular flexibility index (Phi) is 37.2. The normalized spacial score (nSPS) is 21.5. The van der Waals surface area contributed by atoms with Crippen LogP contribution in [-0.2, 0) is 50.9 Å². The Morgan fingerprint density at radius 1 is 0.464 bits per heavy atom. The molecule has 0 amide bonds. The molecule has 0 radical (unpaired) electrons. The number of ether oxygens (including phenoxy) is 2. The molecule has 0 bridgehead atoms. The molecule has 406 valence electrons. The van der Waals surface area contributed by atoms with Crippen molar-refractivity contribution in [2.45, 2.75) is 249 Å². The van der Waals surface area contributed by atoms with E-state index >= 15 is 0 Å². The van der Waals surface area contributed by atoms with Gasteiger partial charge in [-0.1, -0.05) is 173 Å². The number of carbonyl (C=O) groups excluding carboxylic acids is 2. The van der Waals surface area contributed by atoms with Gasteiger partial charge in [-0.15, -0.1) is 0 Å². The molecule has 0 heterocycles. The summed E-state index contributed by atoms with van der Waals surface area (Å²) in [4.78, 5) is 73.3. The fourth-order valence-corrected chi connectivity index (χ4v) is 10.0. The van der Waals surface area contributed by atoms with Gasteiger partial charge >= 0.3 is 35.4 Å². The number of hydrogen-bond donors (Lipinski definition) is 8. The molecule has 1 fully saturated rings. The smallest absolute Gasteiger partial charge is 0.462 e. The van der Waals surface area contributed by atoms with Crippen molar-refractivity contribution in [3.8, 4) is 0 Å². The number of phosphoric acid groups is 3. The van der Waals surface area contributed by atoms with E-state index in [1.165, 1.54) is 83.5 Å². The van der Waals surface area contributed by atoms with Gasteiger partial charge in [0.15, 0.2) is 6.10 Å². The second-order valence-electron chi connectivity index (χ2n) is 18.1. The minimum atomic E-state index is -5.60. The zero-order chi connectivity index (χ0) is 51.4. The van der Waals surface area contributed by atoms with Crippen molar-refractivity contribution in [1.29, 1.82) is 0 Å². The van der Waals surface area contributed by atoms with Crippen LogP contribution in [0.3, 0.4) is 0 Å². The molecule has 0 aliphatic heterocycles. The van der Waals surface area contributed by atoms with Gasteiger partial charge in [-0.25, -0.2) is 13.7 Å². The number of phosphoric ester groups is 3. The van der Waals surface area contributed by atoms with Crippen LogP contribution in [0.15, 0.2) is 24.3 Å². The van der Waals surface area contributed by atoms with E-state index in [9.17, 15) is 63.1 Å². The second-order valence-corrected chi connectivity index (χ2v) is 21.9. The molecule has 0 spiro atoms. The lowest BCUT2D eigenvalue weighted by molar-refractivity contribution is -0.213. The first-order chi connectivity index (χ1) is 32.8. The third kappa shape index (κ3) is 35.4. The van der Waals surface area contributed by atoms with E-state index in [1.807, 2.05) is 0 Å². The van der Waals surface area contributed by atoms with Crippen LogP contribution in [-0.4, -0.2) is 108 Å². The van der Waals surface area contributed by atoms with E-state index in [1.54, 1.807) is 0 Å². The van der Waals surface area contributed by atoms with Gasteiger partial charge in [-0.3, -0.25) is 27.7 Å². The molecular weight excluding hydrogens is 961 g/mol. The van der Waals surface area contributed by atoms with Crippen LogP contribution in [0.5, 0.6) is 0 Å². The number of esters is 2. The molecule has 69 heavy (non-hydrogen) atoms. The average Bonchev–Trinajstić information content (AvgIpc) is 3.28. The molecule has 1 rings (SSSR count). The number of aliphatic hydroxyl groups excluding tert-OH is 3. The highest BCUT2D eigenvalue weighted by Gasteiger charge is 2.56. The lowest BCUT2D eigenvalue weighted by Gasteiger charge is -2.44. The Morgan fingerprint density at radius 3 is 1.30 bits per heavy atom. The van der Waals surface area contributed by atoms with Crippen molar-refractivity contribution in [3.05, 3.63) is 24.3 Å². The zero-order valence-electron chi connectivity index (χ0n) is 41.4. The maximum absolute atomic E-state index is 13.1. The van der Waals surface area contributed by atoms with Gasteiger partial charge in [0.25, 0.3) is 0 Å². The van der Waals surface area contributed by atoms with Crippen molar-refractivity contribution in [3.63, 3.8) is 0 Å². The third-order valence-corrected chi connectivity index (χ3v) is 13.8. The Bertz CT molecular complexity index is 1540. The average molecular weight is 1050 g/mol. The highest BCUT2D eigenvalue weighted by Crippen LogP contribution is 2.51. The summed E-state index contributed by atoms with van der Waals surface area (Å²) in [5.74, 6) is -1.30. The van der Waals surface area contributed by atoms with Gasteiger partial charge in [-0.2, -0.15) is 0 Å². The number of carbonyl (C=O) groups is 2. The van der Waals surface area contributed by atoms with Crippen LogP contribution in [0, 0.1) is 0 Å². The van der Waals surface area contributed by atoms with Crippen LogP contribution in [0.2, 0.25) is 0 Å². The predicted octanol–water partition coefficient (Wildman–Crippen LogP) is 9.85. The van der Waals surface area contributed by atoms with E-state index < -0.39 is 91.3 Å². The number of unbranched alkanes of at least 4 members (excludes halogenated alkanes) is 24. The molecule has 1 aliphatic carbocycles. The number of allylic oxidation sites excluding steroid dienone is 4. The van der Waals surface area contributed by atoms with Gasteiger partial charge in [0.1, 0.15) is 43.2 Å². The van der Waals surface area contributed by atoms with E-state index in [4.69, 9.17) is 18.5 Å². The molecule has 22 heteroatoms. The van der Waals surface area contributed by atoms with Crippen molar-refractivity contribution in [2.75, 3.05) is 13.2 Å². The van der Waals surface area contributed by atoms with Crippen molar-refractivity contribution < 1.29 is 90.6 Å². The Morgan fingerprint density at radius 2 is 0.841 bits per heavy atom. The molecule has 19 nitrogen and oxygen atoms in total. The lowest BCUT2D eigenvalue weighted by atomic mass is 9.85. The lowest BCUT2D eigenvalue weighted by Crippen LogP contribution is -2.65. The Labute approximate surface area is 411 Å². The van der Waals surface area contributed by atoms with Crippen LogP contribution in [0.25, 0.3) is 0 Å².